The lowest BCUT2D eigenvalue weighted by molar-refractivity contribution is -0.150. The highest BCUT2D eigenvalue weighted by Crippen LogP contribution is 2.21. The van der Waals surface area contributed by atoms with E-state index < -0.39 is 0 Å². The Bertz CT molecular complexity index is 392. The molecule has 4 nitrogen and oxygen atoms in total. The summed E-state index contributed by atoms with van der Waals surface area (Å²) in [6, 6.07) is 0. The molecule has 4 heteroatoms. The molecule has 1 atom stereocenters. The molecule has 29 heavy (non-hydrogen) atoms. The summed E-state index contributed by atoms with van der Waals surface area (Å²) >= 11 is 0. The summed E-state index contributed by atoms with van der Waals surface area (Å²) in [4.78, 5) is 23.7. The van der Waals surface area contributed by atoms with Crippen molar-refractivity contribution in [2.45, 2.75) is 124 Å². The average Bonchev–Trinajstić information content (AvgIpc) is 2.68. The highest BCUT2D eigenvalue weighted by molar-refractivity contribution is 5.72. The van der Waals surface area contributed by atoms with Crippen LogP contribution in [0.2, 0.25) is 0 Å². The number of carbonyl (C=O) groups excluding carboxylic acids is 2. The van der Waals surface area contributed by atoms with Crippen molar-refractivity contribution < 1.29 is 19.1 Å². The topological polar surface area (TPSA) is 52.6 Å². The smallest absolute Gasteiger partial charge is 0.309 e. The van der Waals surface area contributed by atoms with Crippen molar-refractivity contribution in [3.63, 3.8) is 0 Å². The van der Waals surface area contributed by atoms with Gasteiger partial charge in [0.1, 0.15) is 0 Å². The normalized spacial score (nSPS) is 12.2. The van der Waals surface area contributed by atoms with E-state index in [0.717, 1.165) is 51.4 Å². The van der Waals surface area contributed by atoms with Gasteiger partial charge in [0.05, 0.1) is 19.1 Å². The molecule has 0 amide bonds. The fourth-order valence-corrected chi connectivity index (χ4v) is 3.42. The molecule has 0 N–H and O–H groups in total. The van der Waals surface area contributed by atoms with Gasteiger partial charge < -0.3 is 9.47 Å². The van der Waals surface area contributed by atoms with Gasteiger partial charge in [-0.15, -0.1) is 0 Å². The Hall–Kier alpha value is -1.06. The molecule has 0 bridgehead atoms. The van der Waals surface area contributed by atoms with Crippen LogP contribution in [0.5, 0.6) is 0 Å². The lowest BCUT2D eigenvalue weighted by Crippen LogP contribution is -2.23. The van der Waals surface area contributed by atoms with Gasteiger partial charge in [0.15, 0.2) is 0 Å². The maximum absolute atomic E-state index is 12.2. The van der Waals surface area contributed by atoms with E-state index in [1.165, 1.54) is 38.5 Å². The molecule has 0 aromatic heterocycles. The summed E-state index contributed by atoms with van der Waals surface area (Å²) in [5.74, 6) is 0.378. The summed E-state index contributed by atoms with van der Waals surface area (Å²) in [6.45, 7) is 9.60. The SMILES string of the molecule is CCCCOC(=O)CCCCCCCCCCCC(C(=O)OCCCC)C(C)C. The lowest BCUT2D eigenvalue weighted by Gasteiger charge is -2.19. The summed E-state index contributed by atoms with van der Waals surface area (Å²) in [6.07, 6.45) is 16.2. The third kappa shape index (κ3) is 17.5. The van der Waals surface area contributed by atoms with Crippen molar-refractivity contribution in [2.24, 2.45) is 11.8 Å². The zero-order valence-corrected chi connectivity index (χ0v) is 19.8. The number of carbonyl (C=O) groups is 2. The Labute approximate surface area is 180 Å². The van der Waals surface area contributed by atoms with Crippen LogP contribution in [-0.4, -0.2) is 25.2 Å². The van der Waals surface area contributed by atoms with E-state index in [2.05, 4.69) is 27.7 Å². The molecule has 0 aromatic rings. The number of rotatable bonds is 20. The molecule has 0 saturated heterocycles. The van der Waals surface area contributed by atoms with E-state index in [9.17, 15) is 9.59 Å². The molecule has 0 aliphatic rings. The molecule has 0 radical (unpaired) electrons. The molecular weight excluding hydrogens is 364 g/mol. The molecular formula is C25H48O4. The van der Waals surface area contributed by atoms with Crippen LogP contribution in [0.3, 0.4) is 0 Å². The molecule has 0 saturated carbocycles. The molecule has 1 unspecified atom stereocenters. The number of hydrogen-bond donors (Lipinski definition) is 0. The van der Waals surface area contributed by atoms with Gasteiger partial charge in [-0.3, -0.25) is 9.59 Å². The molecule has 0 fully saturated rings. The van der Waals surface area contributed by atoms with Crippen LogP contribution in [0.25, 0.3) is 0 Å². The van der Waals surface area contributed by atoms with E-state index >= 15 is 0 Å². The third-order valence-electron chi connectivity index (χ3n) is 5.51. The number of unbranched alkanes of at least 4 members (excludes halogenated alkanes) is 10. The van der Waals surface area contributed by atoms with Gasteiger partial charge in [-0.05, 0) is 31.6 Å². The first-order valence-electron chi connectivity index (χ1n) is 12.3. The van der Waals surface area contributed by atoms with Crippen molar-refractivity contribution in [2.75, 3.05) is 13.2 Å². The largest absolute Gasteiger partial charge is 0.466 e. The van der Waals surface area contributed by atoms with Crippen LogP contribution in [0, 0.1) is 11.8 Å². The number of hydrogen-bond acceptors (Lipinski definition) is 4. The van der Waals surface area contributed by atoms with E-state index in [4.69, 9.17) is 9.47 Å². The molecule has 172 valence electrons. The Morgan fingerprint density at radius 1 is 0.655 bits per heavy atom. The van der Waals surface area contributed by atoms with E-state index in [-0.39, 0.29) is 17.9 Å². The van der Waals surface area contributed by atoms with Gasteiger partial charge in [-0.1, -0.05) is 91.9 Å². The van der Waals surface area contributed by atoms with Gasteiger partial charge in [-0.25, -0.2) is 0 Å². The monoisotopic (exact) mass is 412 g/mol. The van der Waals surface area contributed by atoms with Gasteiger partial charge in [0.2, 0.25) is 0 Å². The standard InChI is InChI=1S/C25H48O4/c1-5-7-20-28-24(26)19-17-15-13-11-9-10-12-14-16-18-23(22(3)4)25(27)29-21-8-6-2/h22-23H,5-21H2,1-4H3. The molecule has 0 spiro atoms. The van der Waals surface area contributed by atoms with Crippen molar-refractivity contribution in [1.82, 2.24) is 0 Å². The second kappa shape index (κ2) is 20.2. The van der Waals surface area contributed by atoms with Crippen molar-refractivity contribution in [1.29, 1.82) is 0 Å². The van der Waals surface area contributed by atoms with E-state index in [1.807, 2.05) is 0 Å². The van der Waals surface area contributed by atoms with Crippen LogP contribution in [-0.2, 0) is 19.1 Å². The minimum absolute atomic E-state index is 0.00250. The summed E-state index contributed by atoms with van der Waals surface area (Å²) < 4.78 is 10.6. The summed E-state index contributed by atoms with van der Waals surface area (Å²) in [5.41, 5.74) is 0. The quantitative estimate of drug-likeness (QED) is 0.156. The highest BCUT2D eigenvalue weighted by Gasteiger charge is 2.22. The number of ether oxygens (including phenoxy) is 2. The minimum atomic E-state index is -0.0348. The molecule has 0 aliphatic carbocycles. The van der Waals surface area contributed by atoms with E-state index in [0.29, 0.717) is 25.6 Å². The van der Waals surface area contributed by atoms with Gasteiger partial charge >= 0.3 is 11.9 Å². The number of esters is 2. The Kier molecular flexibility index (Phi) is 19.5. The minimum Gasteiger partial charge on any atom is -0.466 e. The molecule has 0 aromatic carbocycles. The fraction of sp³-hybridized carbons (Fsp3) is 0.920. The predicted octanol–water partition coefficient (Wildman–Crippen LogP) is 7.24. The van der Waals surface area contributed by atoms with Gasteiger partial charge in [0, 0.05) is 6.42 Å². The average molecular weight is 413 g/mol. The van der Waals surface area contributed by atoms with Crippen LogP contribution < -0.4 is 0 Å². The third-order valence-corrected chi connectivity index (χ3v) is 5.51. The van der Waals surface area contributed by atoms with Gasteiger partial charge in [-0.2, -0.15) is 0 Å². The van der Waals surface area contributed by atoms with Crippen molar-refractivity contribution in [3.8, 4) is 0 Å². The van der Waals surface area contributed by atoms with Crippen molar-refractivity contribution >= 4 is 11.9 Å². The first kappa shape index (κ1) is 27.9. The van der Waals surface area contributed by atoms with Crippen LogP contribution >= 0.6 is 0 Å². The molecule has 0 aliphatic heterocycles. The van der Waals surface area contributed by atoms with Crippen LogP contribution in [0.1, 0.15) is 124 Å². The maximum atomic E-state index is 12.2. The Balaban J connectivity index is 3.54. The predicted molar refractivity (Wildman–Crippen MR) is 121 cm³/mol. The van der Waals surface area contributed by atoms with Crippen molar-refractivity contribution in [3.05, 3.63) is 0 Å². The second-order valence-corrected chi connectivity index (χ2v) is 8.67. The van der Waals surface area contributed by atoms with E-state index in [1.54, 1.807) is 0 Å². The Morgan fingerprint density at radius 2 is 1.14 bits per heavy atom. The Morgan fingerprint density at radius 3 is 1.66 bits per heavy atom. The zero-order valence-electron chi connectivity index (χ0n) is 19.8. The zero-order chi connectivity index (χ0) is 21.7. The second-order valence-electron chi connectivity index (χ2n) is 8.67. The molecule has 0 rings (SSSR count). The first-order chi connectivity index (χ1) is 14.0. The first-order valence-corrected chi connectivity index (χ1v) is 12.3. The lowest BCUT2D eigenvalue weighted by atomic mass is 9.90. The molecule has 0 heterocycles. The summed E-state index contributed by atoms with van der Waals surface area (Å²) in [5, 5.41) is 0. The summed E-state index contributed by atoms with van der Waals surface area (Å²) in [7, 11) is 0. The van der Waals surface area contributed by atoms with Gasteiger partial charge in [0.25, 0.3) is 0 Å². The van der Waals surface area contributed by atoms with Crippen LogP contribution in [0.15, 0.2) is 0 Å². The fourth-order valence-electron chi connectivity index (χ4n) is 3.42. The van der Waals surface area contributed by atoms with Crippen LogP contribution in [0.4, 0.5) is 0 Å². The highest BCUT2D eigenvalue weighted by atomic mass is 16.5. The maximum Gasteiger partial charge on any atom is 0.309 e.